The molecule has 0 saturated heterocycles. The molecule has 4 rings (SSSR count). The summed E-state index contributed by atoms with van der Waals surface area (Å²) in [5.41, 5.74) is 3.28. The van der Waals surface area contributed by atoms with Gasteiger partial charge in [0.2, 0.25) is 5.82 Å². The Labute approximate surface area is 167 Å². The Hall–Kier alpha value is -2.49. The molecule has 0 bridgehead atoms. The Morgan fingerprint density at radius 3 is 2.50 bits per heavy atom. The third kappa shape index (κ3) is 4.49. The van der Waals surface area contributed by atoms with Crippen LogP contribution in [0.3, 0.4) is 0 Å². The van der Waals surface area contributed by atoms with Gasteiger partial charge in [0, 0.05) is 23.5 Å². The average molecular weight is 376 g/mol. The van der Waals surface area contributed by atoms with Crippen molar-refractivity contribution in [2.45, 2.75) is 64.2 Å². The summed E-state index contributed by atoms with van der Waals surface area (Å²) in [4.78, 5) is 8.63. The molecule has 2 aromatic heterocycles. The number of nitrogens with zero attached hydrogens (tertiary/aromatic N) is 3. The number of pyridine rings is 1. The molecule has 1 aliphatic rings. The molecule has 0 atom stereocenters. The van der Waals surface area contributed by atoms with Crippen molar-refractivity contribution in [2.75, 3.05) is 0 Å². The van der Waals surface area contributed by atoms with Crippen molar-refractivity contribution in [1.82, 2.24) is 15.1 Å². The molecule has 0 N–H and O–H groups in total. The molecular formula is C24H29N3O. The van der Waals surface area contributed by atoms with Crippen LogP contribution in [0.15, 0.2) is 53.3 Å². The van der Waals surface area contributed by atoms with E-state index in [4.69, 9.17) is 4.52 Å². The maximum absolute atomic E-state index is 5.46. The number of aromatic nitrogens is 3. The minimum atomic E-state index is 0.560. The molecule has 4 heteroatoms. The minimum Gasteiger partial charge on any atom is -0.334 e. The zero-order chi connectivity index (χ0) is 19.2. The first-order valence-electron chi connectivity index (χ1n) is 10.7. The maximum Gasteiger partial charge on any atom is 0.258 e. The summed E-state index contributed by atoms with van der Waals surface area (Å²) in [7, 11) is 0. The predicted molar refractivity (Wildman–Crippen MR) is 112 cm³/mol. The van der Waals surface area contributed by atoms with E-state index < -0.39 is 0 Å². The molecule has 4 nitrogen and oxygen atoms in total. The van der Waals surface area contributed by atoms with E-state index in [1.165, 1.54) is 56.9 Å². The molecule has 1 fully saturated rings. The summed E-state index contributed by atoms with van der Waals surface area (Å²) >= 11 is 0. The summed E-state index contributed by atoms with van der Waals surface area (Å²) in [6.45, 7) is 2.29. The van der Waals surface area contributed by atoms with Gasteiger partial charge in [-0.15, -0.1) is 0 Å². The lowest BCUT2D eigenvalue weighted by molar-refractivity contribution is 0.303. The Kier molecular flexibility index (Phi) is 6.15. The fraction of sp³-hybridized carbons (Fsp3) is 0.458. The van der Waals surface area contributed by atoms with Crippen LogP contribution in [-0.2, 0) is 0 Å². The number of rotatable bonds is 7. The normalized spacial score (nSPS) is 19.6. The van der Waals surface area contributed by atoms with Crippen LogP contribution in [-0.4, -0.2) is 15.1 Å². The number of unbranched alkanes of at least 4 members (excludes halogenated alkanes) is 2. The highest BCUT2D eigenvalue weighted by atomic mass is 16.5. The minimum absolute atomic E-state index is 0.560. The van der Waals surface area contributed by atoms with E-state index in [1.807, 2.05) is 12.1 Å². The largest absolute Gasteiger partial charge is 0.334 e. The molecule has 0 amide bonds. The second-order valence-corrected chi connectivity index (χ2v) is 8.00. The molecule has 1 aromatic carbocycles. The lowest BCUT2D eigenvalue weighted by Gasteiger charge is -2.29. The van der Waals surface area contributed by atoms with Crippen LogP contribution >= 0.6 is 0 Å². The summed E-state index contributed by atoms with van der Waals surface area (Å²) < 4.78 is 5.46. The zero-order valence-corrected chi connectivity index (χ0v) is 16.7. The highest BCUT2D eigenvalue weighted by Gasteiger charge is 2.22. The molecule has 1 aliphatic carbocycles. The van der Waals surface area contributed by atoms with Gasteiger partial charge in [0.05, 0.1) is 0 Å². The third-order valence-corrected chi connectivity index (χ3v) is 6.04. The molecule has 28 heavy (non-hydrogen) atoms. The van der Waals surface area contributed by atoms with E-state index >= 15 is 0 Å². The molecule has 0 spiro atoms. The van der Waals surface area contributed by atoms with Crippen LogP contribution in [0.25, 0.3) is 22.8 Å². The van der Waals surface area contributed by atoms with Gasteiger partial charge in [-0.05, 0) is 67.3 Å². The Morgan fingerprint density at radius 2 is 1.79 bits per heavy atom. The second-order valence-electron chi connectivity index (χ2n) is 8.00. The van der Waals surface area contributed by atoms with Gasteiger partial charge in [-0.3, -0.25) is 4.98 Å². The van der Waals surface area contributed by atoms with E-state index in [2.05, 4.69) is 46.3 Å². The van der Waals surface area contributed by atoms with Gasteiger partial charge < -0.3 is 4.52 Å². The molecule has 0 unspecified atom stereocenters. The van der Waals surface area contributed by atoms with E-state index in [1.54, 1.807) is 12.4 Å². The third-order valence-electron chi connectivity index (χ3n) is 6.04. The lowest BCUT2D eigenvalue weighted by atomic mass is 9.77. The van der Waals surface area contributed by atoms with E-state index in [9.17, 15) is 0 Å². The quantitative estimate of drug-likeness (QED) is 0.434. The predicted octanol–water partition coefficient (Wildman–Crippen LogP) is 6.65. The molecule has 1 saturated carbocycles. The van der Waals surface area contributed by atoms with Crippen LogP contribution in [0.4, 0.5) is 0 Å². The van der Waals surface area contributed by atoms with Crippen molar-refractivity contribution in [3.05, 3.63) is 54.4 Å². The van der Waals surface area contributed by atoms with E-state index in [0.717, 1.165) is 17.0 Å². The van der Waals surface area contributed by atoms with Gasteiger partial charge in [-0.1, -0.05) is 49.9 Å². The number of hydrogen-bond acceptors (Lipinski definition) is 4. The van der Waals surface area contributed by atoms with Crippen LogP contribution in [0.5, 0.6) is 0 Å². The van der Waals surface area contributed by atoms with Gasteiger partial charge >= 0.3 is 0 Å². The van der Waals surface area contributed by atoms with Crippen molar-refractivity contribution in [3.63, 3.8) is 0 Å². The summed E-state index contributed by atoms with van der Waals surface area (Å²) in [5.74, 6) is 2.79. The van der Waals surface area contributed by atoms with Gasteiger partial charge in [-0.2, -0.15) is 4.98 Å². The Balaban J connectivity index is 1.37. The number of benzene rings is 1. The smallest absolute Gasteiger partial charge is 0.258 e. The van der Waals surface area contributed by atoms with Gasteiger partial charge in [0.15, 0.2) is 0 Å². The van der Waals surface area contributed by atoms with Crippen LogP contribution in [0.1, 0.15) is 69.8 Å². The van der Waals surface area contributed by atoms with Gasteiger partial charge in [-0.25, -0.2) is 0 Å². The van der Waals surface area contributed by atoms with Crippen LogP contribution in [0.2, 0.25) is 0 Å². The summed E-state index contributed by atoms with van der Waals surface area (Å²) in [6, 6.07) is 12.5. The van der Waals surface area contributed by atoms with Gasteiger partial charge in [0.25, 0.3) is 5.89 Å². The Morgan fingerprint density at radius 1 is 0.964 bits per heavy atom. The fourth-order valence-electron chi connectivity index (χ4n) is 4.32. The number of hydrogen-bond donors (Lipinski definition) is 0. The molecular weight excluding hydrogens is 346 g/mol. The lowest BCUT2D eigenvalue weighted by Crippen LogP contribution is -2.13. The van der Waals surface area contributed by atoms with Gasteiger partial charge in [0.1, 0.15) is 0 Å². The summed E-state index contributed by atoms with van der Waals surface area (Å²) in [5, 5.41) is 4.09. The van der Waals surface area contributed by atoms with Crippen molar-refractivity contribution in [2.24, 2.45) is 5.92 Å². The first kappa shape index (κ1) is 18.9. The second kappa shape index (κ2) is 9.13. The first-order chi connectivity index (χ1) is 13.8. The molecule has 0 aliphatic heterocycles. The monoisotopic (exact) mass is 375 g/mol. The SMILES string of the molecule is CCCCCC1CCC(c2ccc(-c3nc(-c4cccnc4)no3)cc2)CC1. The van der Waals surface area contributed by atoms with Crippen molar-refractivity contribution in [1.29, 1.82) is 0 Å². The van der Waals surface area contributed by atoms with Crippen molar-refractivity contribution < 1.29 is 4.52 Å². The summed E-state index contributed by atoms with van der Waals surface area (Å²) in [6.07, 6.45) is 14.4. The standard InChI is InChI=1S/C24H29N3O/c1-2-3-4-6-18-8-10-19(11-9-18)20-12-14-21(15-13-20)24-26-23(27-28-24)22-7-5-16-25-17-22/h5,7,12-19H,2-4,6,8-11H2,1H3. The first-order valence-corrected chi connectivity index (χ1v) is 10.7. The van der Waals surface area contributed by atoms with Crippen LogP contribution in [0, 0.1) is 5.92 Å². The topological polar surface area (TPSA) is 51.8 Å². The average Bonchev–Trinajstić information content (AvgIpc) is 3.26. The fourth-order valence-corrected chi connectivity index (χ4v) is 4.32. The highest BCUT2D eigenvalue weighted by molar-refractivity contribution is 5.59. The van der Waals surface area contributed by atoms with Crippen molar-refractivity contribution in [3.8, 4) is 22.8 Å². The Bertz CT molecular complexity index is 849. The molecule has 146 valence electrons. The molecule has 2 heterocycles. The van der Waals surface area contributed by atoms with Crippen molar-refractivity contribution >= 4 is 0 Å². The molecule has 0 radical (unpaired) electrons. The van der Waals surface area contributed by atoms with E-state index in [-0.39, 0.29) is 0 Å². The van der Waals surface area contributed by atoms with Crippen LogP contribution < -0.4 is 0 Å². The highest BCUT2D eigenvalue weighted by Crippen LogP contribution is 2.38. The molecule has 3 aromatic rings. The maximum atomic E-state index is 5.46. The van der Waals surface area contributed by atoms with E-state index in [0.29, 0.717) is 17.6 Å². The zero-order valence-electron chi connectivity index (χ0n) is 16.7.